The second kappa shape index (κ2) is 7.95. The third kappa shape index (κ3) is 4.18. The number of rotatable bonds is 4. The predicted octanol–water partition coefficient (Wildman–Crippen LogP) is 3.09. The number of aromatic nitrogens is 1. The summed E-state index contributed by atoms with van der Waals surface area (Å²) in [6.45, 7) is 3.01. The van der Waals surface area contributed by atoms with Crippen molar-refractivity contribution in [2.45, 2.75) is 25.9 Å². The van der Waals surface area contributed by atoms with Gasteiger partial charge in [0.2, 0.25) is 0 Å². The Hall–Kier alpha value is -1.96. The molecule has 3 rings (SSSR count). The Morgan fingerprint density at radius 2 is 2.24 bits per heavy atom. The lowest BCUT2D eigenvalue weighted by Gasteiger charge is -2.13. The first kappa shape index (κ1) is 17.8. The van der Waals surface area contributed by atoms with Gasteiger partial charge < -0.3 is 14.6 Å². The minimum absolute atomic E-state index is 0.130. The molecule has 1 atom stereocenters. The van der Waals surface area contributed by atoms with E-state index in [0.29, 0.717) is 34.1 Å². The quantitative estimate of drug-likeness (QED) is 0.795. The molecule has 0 bridgehead atoms. The van der Waals surface area contributed by atoms with E-state index in [0.717, 1.165) is 19.4 Å². The Labute approximate surface area is 155 Å². The van der Waals surface area contributed by atoms with Gasteiger partial charge in [-0.3, -0.25) is 10.1 Å². The number of aryl methyl sites for hydroxylation is 1. The number of thiocarbonyl (C=S) groups is 1. The van der Waals surface area contributed by atoms with Crippen molar-refractivity contribution in [3.8, 4) is 11.3 Å². The highest BCUT2D eigenvalue weighted by Crippen LogP contribution is 2.30. The lowest BCUT2D eigenvalue weighted by Crippen LogP contribution is -2.42. The van der Waals surface area contributed by atoms with Crippen LogP contribution in [0.3, 0.4) is 0 Å². The van der Waals surface area contributed by atoms with E-state index >= 15 is 0 Å². The second-order valence-corrected chi connectivity index (χ2v) is 6.56. The summed E-state index contributed by atoms with van der Waals surface area (Å²) >= 11 is 11.4. The van der Waals surface area contributed by atoms with Crippen LogP contribution in [0.15, 0.2) is 28.8 Å². The summed E-state index contributed by atoms with van der Waals surface area (Å²) in [6, 6.07) is 7.14. The maximum Gasteiger partial charge on any atom is 0.263 e. The highest BCUT2D eigenvalue weighted by molar-refractivity contribution is 7.80. The number of nitrogens with zero attached hydrogens (tertiary/aromatic N) is 1. The summed E-state index contributed by atoms with van der Waals surface area (Å²) in [7, 11) is 0. The molecule has 1 fully saturated rings. The number of carbonyl (C=O) groups is 1. The molecule has 1 aliphatic rings. The van der Waals surface area contributed by atoms with E-state index in [1.165, 1.54) is 0 Å². The van der Waals surface area contributed by atoms with Crippen LogP contribution in [-0.4, -0.2) is 35.4 Å². The second-order valence-electron chi connectivity index (χ2n) is 5.74. The molecule has 1 aromatic heterocycles. The van der Waals surface area contributed by atoms with E-state index in [1.54, 1.807) is 19.1 Å². The highest BCUT2D eigenvalue weighted by atomic mass is 35.5. The number of hydrogen-bond acceptors (Lipinski definition) is 5. The molecule has 2 N–H and O–H groups in total. The number of carbonyl (C=O) groups excluding carboxylic acids is 1. The van der Waals surface area contributed by atoms with Crippen LogP contribution in [-0.2, 0) is 4.74 Å². The Bertz CT molecular complexity index is 787. The number of hydrogen-bond donors (Lipinski definition) is 2. The van der Waals surface area contributed by atoms with Gasteiger partial charge in [-0.2, -0.15) is 0 Å². The standard InChI is InChI=1S/C17H18ClN3O3S/c1-10-14(15(21-24-10)12-6-2-3-7-13(12)18)16(22)20-17(25)19-9-11-5-4-8-23-11/h2-3,6-7,11H,4-5,8-9H2,1H3,(H2,19,20,22,25)/t11-/m1/s1. The molecular formula is C17H18ClN3O3S. The first-order chi connectivity index (χ1) is 12.1. The molecule has 0 radical (unpaired) electrons. The van der Waals surface area contributed by atoms with Gasteiger partial charge >= 0.3 is 0 Å². The fourth-order valence-electron chi connectivity index (χ4n) is 2.70. The van der Waals surface area contributed by atoms with Crippen LogP contribution in [0.5, 0.6) is 0 Å². The fraction of sp³-hybridized carbons (Fsp3) is 0.353. The van der Waals surface area contributed by atoms with Gasteiger partial charge in [0, 0.05) is 18.7 Å². The molecule has 0 unspecified atom stereocenters. The summed E-state index contributed by atoms with van der Waals surface area (Å²) in [4.78, 5) is 12.6. The Morgan fingerprint density at radius 3 is 2.96 bits per heavy atom. The highest BCUT2D eigenvalue weighted by Gasteiger charge is 2.24. The van der Waals surface area contributed by atoms with E-state index in [1.807, 2.05) is 12.1 Å². The minimum Gasteiger partial charge on any atom is -0.376 e. The zero-order valence-electron chi connectivity index (χ0n) is 13.7. The molecule has 1 amide bonds. The van der Waals surface area contributed by atoms with Gasteiger partial charge in [-0.1, -0.05) is 35.0 Å². The van der Waals surface area contributed by atoms with Gasteiger partial charge in [0.15, 0.2) is 5.11 Å². The van der Waals surface area contributed by atoms with Gasteiger partial charge in [0.1, 0.15) is 17.0 Å². The van der Waals surface area contributed by atoms with Gasteiger partial charge in [0.05, 0.1) is 11.1 Å². The summed E-state index contributed by atoms with van der Waals surface area (Å²) in [5.41, 5.74) is 1.33. The van der Waals surface area contributed by atoms with Crippen LogP contribution >= 0.6 is 23.8 Å². The zero-order valence-corrected chi connectivity index (χ0v) is 15.2. The number of benzene rings is 1. The van der Waals surface area contributed by atoms with E-state index in [2.05, 4.69) is 15.8 Å². The number of ether oxygens (including phenoxy) is 1. The molecule has 25 heavy (non-hydrogen) atoms. The van der Waals surface area contributed by atoms with Crippen LogP contribution < -0.4 is 10.6 Å². The van der Waals surface area contributed by atoms with E-state index in [9.17, 15) is 4.79 Å². The Morgan fingerprint density at radius 1 is 1.44 bits per heavy atom. The minimum atomic E-state index is -0.390. The topological polar surface area (TPSA) is 76.4 Å². The monoisotopic (exact) mass is 379 g/mol. The van der Waals surface area contributed by atoms with Crippen molar-refractivity contribution in [3.05, 3.63) is 40.6 Å². The molecular weight excluding hydrogens is 362 g/mol. The maximum absolute atomic E-state index is 12.6. The van der Waals surface area contributed by atoms with Crippen molar-refractivity contribution >= 4 is 34.8 Å². The summed E-state index contributed by atoms with van der Waals surface area (Å²) < 4.78 is 10.7. The van der Waals surface area contributed by atoms with Crippen LogP contribution in [0, 0.1) is 6.92 Å². The average Bonchev–Trinajstić information content (AvgIpc) is 3.23. The molecule has 1 aliphatic heterocycles. The molecule has 0 spiro atoms. The molecule has 1 saturated heterocycles. The SMILES string of the molecule is Cc1onc(-c2ccccc2Cl)c1C(=O)NC(=S)NC[C@H]1CCCO1. The summed E-state index contributed by atoms with van der Waals surface area (Å²) in [5, 5.41) is 10.4. The summed E-state index contributed by atoms with van der Waals surface area (Å²) in [5.74, 6) is 0.00727. The van der Waals surface area contributed by atoms with Gasteiger partial charge in [0.25, 0.3) is 5.91 Å². The number of amides is 1. The normalized spacial score (nSPS) is 16.6. The third-order valence-electron chi connectivity index (χ3n) is 3.96. The molecule has 132 valence electrons. The van der Waals surface area contributed by atoms with Crippen molar-refractivity contribution in [2.75, 3.05) is 13.2 Å². The maximum atomic E-state index is 12.6. The molecule has 0 saturated carbocycles. The van der Waals surface area contributed by atoms with Crippen molar-refractivity contribution < 1.29 is 14.1 Å². The number of nitrogens with one attached hydrogen (secondary N) is 2. The van der Waals surface area contributed by atoms with Gasteiger partial charge in [-0.05, 0) is 38.0 Å². The zero-order chi connectivity index (χ0) is 17.8. The average molecular weight is 380 g/mol. The first-order valence-corrected chi connectivity index (χ1v) is 8.77. The summed E-state index contributed by atoms with van der Waals surface area (Å²) in [6.07, 6.45) is 2.17. The van der Waals surface area contributed by atoms with Gasteiger partial charge in [-0.15, -0.1) is 0 Å². The predicted molar refractivity (Wildman–Crippen MR) is 98.7 cm³/mol. The first-order valence-electron chi connectivity index (χ1n) is 7.98. The Kier molecular flexibility index (Phi) is 5.67. The van der Waals surface area contributed by atoms with E-state index < -0.39 is 5.91 Å². The van der Waals surface area contributed by atoms with Crippen molar-refractivity contribution in [1.29, 1.82) is 0 Å². The largest absolute Gasteiger partial charge is 0.376 e. The van der Waals surface area contributed by atoms with Crippen LogP contribution in [0.2, 0.25) is 5.02 Å². The lowest BCUT2D eigenvalue weighted by atomic mass is 10.1. The van der Waals surface area contributed by atoms with E-state index in [-0.39, 0.29) is 11.2 Å². The van der Waals surface area contributed by atoms with Gasteiger partial charge in [-0.25, -0.2) is 0 Å². The molecule has 2 aromatic rings. The molecule has 6 nitrogen and oxygen atoms in total. The number of halogens is 1. The lowest BCUT2D eigenvalue weighted by molar-refractivity contribution is 0.0972. The van der Waals surface area contributed by atoms with Crippen LogP contribution in [0.4, 0.5) is 0 Å². The van der Waals surface area contributed by atoms with Crippen molar-refractivity contribution in [3.63, 3.8) is 0 Å². The molecule has 8 heteroatoms. The van der Waals surface area contributed by atoms with Crippen molar-refractivity contribution in [2.24, 2.45) is 0 Å². The van der Waals surface area contributed by atoms with E-state index in [4.69, 9.17) is 33.1 Å². The molecule has 0 aliphatic carbocycles. The van der Waals surface area contributed by atoms with Crippen LogP contribution in [0.25, 0.3) is 11.3 Å². The molecule has 1 aromatic carbocycles. The molecule has 2 heterocycles. The Balaban J connectivity index is 1.71. The fourth-order valence-corrected chi connectivity index (χ4v) is 3.10. The third-order valence-corrected chi connectivity index (χ3v) is 4.54. The van der Waals surface area contributed by atoms with Crippen LogP contribution in [0.1, 0.15) is 29.0 Å². The smallest absolute Gasteiger partial charge is 0.263 e. The van der Waals surface area contributed by atoms with Crippen molar-refractivity contribution in [1.82, 2.24) is 15.8 Å².